The summed E-state index contributed by atoms with van der Waals surface area (Å²) in [4.78, 5) is 0. The van der Waals surface area contributed by atoms with E-state index in [0.717, 1.165) is 25.0 Å². The van der Waals surface area contributed by atoms with Crippen LogP contribution in [0, 0.1) is 17.3 Å². The lowest BCUT2D eigenvalue weighted by atomic mass is 9.56. The van der Waals surface area contributed by atoms with E-state index in [1.807, 2.05) is 6.07 Å². The molecule has 0 aromatic heterocycles. The van der Waals surface area contributed by atoms with Crippen LogP contribution in [0.3, 0.4) is 0 Å². The fraction of sp³-hybridized carbons (Fsp3) is 0.684. The van der Waals surface area contributed by atoms with Crippen molar-refractivity contribution in [1.82, 2.24) is 0 Å². The Hall–Kier alpha value is -1.22. The average Bonchev–Trinajstić information content (AvgIpc) is 2.80. The van der Waals surface area contributed by atoms with E-state index in [9.17, 15) is 10.2 Å². The van der Waals surface area contributed by atoms with Crippen molar-refractivity contribution in [3.05, 3.63) is 23.3 Å². The lowest BCUT2D eigenvalue weighted by Gasteiger charge is -2.49. The first-order valence-electron chi connectivity index (χ1n) is 8.59. The summed E-state index contributed by atoms with van der Waals surface area (Å²) < 4.78 is 5.59. The van der Waals surface area contributed by atoms with Crippen LogP contribution in [0.1, 0.15) is 56.1 Å². The summed E-state index contributed by atoms with van der Waals surface area (Å²) in [6, 6.07) is 3.68. The molecule has 1 aromatic rings. The van der Waals surface area contributed by atoms with Crippen molar-refractivity contribution in [2.75, 3.05) is 7.11 Å². The highest BCUT2D eigenvalue weighted by atomic mass is 16.5. The minimum Gasteiger partial charge on any atom is -0.508 e. The van der Waals surface area contributed by atoms with Crippen LogP contribution in [0.4, 0.5) is 0 Å². The zero-order valence-corrected chi connectivity index (χ0v) is 13.5. The molecule has 4 rings (SSSR count). The van der Waals surface area contributed by atoms with E-state index in [-0.39, 0.29) is 6.10 Å². The molecule has 2 N–H and O–H groups in total. The Morgan fingerprint density at radius 2 is 2.09 bits per heavy atom. The van der Waals surface area contributed by atoms with Crippen LogP contribution in [-0.2, 0) is 6.42 Å². The number of aliphatic hydroxyl groups is 1. The number of aryl methyl sites for hydroxylation is 1. The summed E-state index contributed by atoms with van der Waals surface area (Å²) in [5.74, 6) is 2.98. The van der Waals surface area contributed by atoms with Gasteiger partial charge in [-0.05, 0) is 73.3 Å². The van der Waals surface area contributed by atoms with Gasteiger partial charge in [0, 0.05) is 11.6 Å². The van der Waals surface area contributed by atoms with Crippen molar-refractivity contribution in [1.29, 1.82) is 0 Å². The van der Waals surface area contributed by atoms with Gasteiger partial charge in [-0.15, -0.1) is 0 Å². The Balaban J connectivity index is 1.75. The molecule has 2 saturated carbocycles. The van der Waals surface area contributed by atoms with Gasteiger partial charge in [0.25, 0.3) is 0 Å². The minimum atomic E-state index is -0.114. The van der Waals surface area contributed by atoms with E-state index in [4.69, 9.17) is 4.74 Å². The van der Waals surface area contributed by atoms with Gasteiger partial charge in [0.1, 0.15) is 11.5 Å². The van der Waals surface area contributed by atoms with Crippen LogP contribution < -0.4 is 4.74 Å². The van der Waals surface area contributed by atoms with Gasteiger partial charge < -0.3 is 14.9 Å². The van der Waals surface area contributed by atoms with Gasteiger partial charge in [-0.3, -0.25) is 0 Å². The summed E-state index contributed by atoms with van der Waals surface area (Å²) in [6.45, 7) is 2.38. The Bertz CT molecular complexity index is 579. The second kappa shape index (κ2) is 4.89. The monoisotopic (exact) mass is 302 g/mol. The predicted octanol–water partition coefficient (Wildman–Crippen LogP) is 3.62. The van der Waals surface area contributed by atoms with E-state index >= 15 is 0 Å². The van der Waals surface area contributed by atoms with E-state index in [2.05, 4.69) is 6.92 Å². The Morgan fingerprint density at radius 1 is 1.27 bits per heavy atom. The van der Waals surface area contributed by atoms with Crippen LogP contribution in [0.5, 0.6) is 11.5 Å². The van der Waals surface area contributed by atoms with Crippen LogP contribution in [0.15, 0.2) is 12.1 Å². The molecule has 0 bridgehead atoms. The molecule has 0 heterocycles. The fourth-order valence-corrected chi connectivity index (χ4v) is 5.86. The van der Waals surface area contributed by atoms with Crippen LogP contribution in [0.2, 0.25) is 0 Å². The number of hydrogen-bond acceptors (Lipinski definition) is 3. The lowest BCUT2D eigenvalue weighted by molar-refractivity contribution is 0.0586. The van der Waals surface area contributed by atoms with Crippen molar-refractivity contribution in [2.45, 2.75) is 57.5 Å². The largest absolute Gasteiger partial charge is 0.508 e. The van der Waals surface area contributed by atoms with Crippen LogP contribution >= 0.6 is 0 Å². The van der Waals surface area contributed by atoms with Gasteiger partial charge >= 0.3 is 0 Å². The summed E-state index contributed by atoms with van der Waals surface area (Å²) in [7, 11) is 1.70. The highest BCUT2D eigenvalue weighted by molar-refractivity contribution is 5.50. The molecule has 0 amide bonds. The topological polar surface area (TPSA) is 49.7 Å². The number of methoxy groups -OCH3 is 1. The molecule has 0 saturated heterocycles. The number of ether oxygens (including phenoxy) is 1. The summed E-state index contributed by atoms with van der Waals surface area (Å²) in [6.07, 6.45) is 6.39. The second-order valence-electron chi connectivity index (χ2n) is 7.92. The zero-order chi connectivity index (χ0) is 15.5. The van der Waals surface area contributed by atoms with Crippen molar-refractivity contribution in [2.24, 2.45) is 17.3 Å². The van der Waals surface area contributed by atoms with E-state index in [1.54, 1.807) is 13.2 Å². The molecule has 3 heteroatoms. The number of aliphatic hydroxyl groups excluding tert-OH is 1. The van der Waals surface area contributed by atoms with E-state index in [1.165, 1.54) is 30.4 Å². The Kier molecular flexibility index (Phi) is 3.19. The number of fused-ring (bicyclic) bond motifs is 5. The molecule has 0 aliphatic heterocycles. The van der Waals surface area contributed by atoms with Crippen molar-refractivity contribution in [3.63, 3.8) is 0 Å². The van der Waals surface area contributed by atoms with Gasteiger partial charge in [-0.1, -0.05) is 6.92 Å². The molecular formula is C19H26O3. The first kappa shape index (κ1) is 14.4. The van der Waals surface area contributed by atoms with Crippen molar-refractivity contribution >= 4 is 0 Å². The first-order chi connectivity index (χ1) is 10.5. The summed E-state index contributed by atoms with van der Waals surface area (Å²) >= 11 is 0. The molecule has 3 aliphatic carbocycles. The SMILES string of the molecule is COc1cc(O)cc2c1[C@H]1CC[C@]3(C)C[C@@H](O)C[C@H]3[C@@H]1CC2. The molecule has 0 unspecified atom stereocenters. The molecule has 120 valence electrons. The fourth-order valence-electron chi connectivity index (χ4n) is 5.86. The number of aromatic hydroxyl groups is 1. The Morgan fingerprint density at radius 3 is 2.86 bits per heavy atom. The first-order valence-corrected chi connectivity index (χ1v) is 8.59. The standard InChI is InChI=1S/C19H26O3/c1-19-6-5-15-14(16(19)8-13(21)10-19)4-3-11-7-12(20)9-17(22-2)18(11)15/h7,9,13-16,20-21H,3-6,8,10H2,1-2H3/t13-,14+,15-,16-,19+/m0/s1. The number of phenols is 1. The highest BCUT2D eigenvalue weighted by Crippen LogP contribution is 2.61. The average molecular weight is 302 g/mol. The maximum atomic E-state index is 10.2. The third-order valence-corrected chi connectivity index (χ3v) is 6.73. The smallest absolute Gasteiger partial charge is 0.126 e. The molecule has 0 radical (unpaired) electrons. The summed E-state index contributed by atoms with van der Waals surface area (Å²) in [5.41, 5.74) is 2.92. The molecule has 1 aromatic carbocycles. The highest BCUT2D eigenvalue weighted by Gasteiger charge is 2.53. The maximum absolute atomic E-state index is 10.2. The molecule has 2 fully saturated rings. The third kappa shape index (κ3) is 1.98. The summed E-state index contributed by atoms with van der Waals surface area (Å²) in [5, 5.41) is 20.1. The van der Waals surface area contributed by atoms with Crippen molar-refractivity contribution in [3.8, 4) is 11.5 Å². The van der Waals surface area contributed by atoms with Crippen LogP contribution in [0.25, 0.3) is 0 Å². The third-order valence-electron chi connectivity index (χ3n) is 6.73. The van der Waals surface area contributed by atoms with Gasteiger partial charge in [-0.2, -0.15) is 0 Å². The molecule has 3 nitrogen and oxygen atoms in total. The molecule has 5 atom stereocenters. The van der Waals surface area contributed by atoms with Crippen molar-refractivity contribution < 1.29 is 14.9 Å². The van der Waals surface area contributed by atoms with Gasteiger partial charge in [-0.25, -0.2) is 0 Å². The maximum Gasteiger partial charge on any atom is 0.126 e. The second-order valence-corrected chi connectivity index (χ2v) is 7.92. The van der Waals surface area contributed by atoms with E-state index < -0.39 is 0 Å². The van der Waals surface area contributed by atoms with Gasteiger partial charge in [0.2, 0.25) is 0 Å². The normalized spacial score (nSPS) is 39.8. The Labute approximate surface area is 132 Å². The quantitative estimate of drug-likeness (QED) is 0.833. The molecule has 3 aliphatic rings. The number of benzene rings is 1. The number of phenolic OH excluding ortho intramolecular Hbond substituents is 1. The molecule has 0 spiro atoms. The van der Waals surface area contributed by atoms with E-state index in [0.29, 0.717) is 28.9 Å². The zero-order valence-electron chi connectivity index (χ0n) is 13.5. The molecular weight excluding hydrogens is 276 g/mol. The number of rotatable bonds is 1. The van der Waals surface area contributed by atoms with Gasteiger partial charge in [0.15, 0.2) is 0 Å². The van der Waals surface area contributed by atoms with Gasteiger partial charge in [0.05, 0.1) is 13.2 Å². The predicted molar refractivity (Wildman–Crippen MR) is 85.3 cm³/mol. The lowest BCUT2D eigenvalue weighted by Crippen LogP contribution is -2.39. The molecule has 22 heavy (non-hydrogen) atoms. The van der Waals surface area contributed by atoms with Crippen LogP contribution in [-0.4, -0.2) is 23.4 Å². The number of hydrogen-bond donors (Lipinski definition) is 2. The minimum absolute atomic E-state index is 0.114.